The minimum Gasteiger partial charge on any atom is -0.478 e. The van der Waals surface area contributed by atoms with E-state index in [-0.39, 0.29) is 5.56 Å². The third-order valence-corrected chi connectivity index (χ3v) is 3.61. The third-order valence-electron chi connectivity index (χ3n) is 3.38. The maximum Gasteiger partial charge on any atom is 0.336 e. The second-order valence-electron chi connectivity index (χ2n) is 5.22. The number of halogens is 1. The minimum atomic E-state index is -0.956. The fourth-order valence-electron chi connectivity index (χ4n) is 2.29. The number of hydrogen-bond acceptors (Lipinski definition) is 3. The van der Waals surface area contributed by atoms with E-state index in [1.807, 2.05) is 7.05 Å². The molecule has 0 bridgehead atoms. The summed E-state index contributed by atoms with van der Waals surface area (Å²) in [4.78, 5) is 18.1. The molecule has 0 fully saturated rings. The van der Waals surface area contributed by atoms with Crippen molar-refractivity contribution in [3.05, 3.63) is 40.5 Å². The molecule has 4 nitrogen and oxygen atoms in total. The topological polar surface area (TPSA) is 53.4 Å². The van der Waals surface area contributed by atoms with E-state index in [1.54, 1.807) is 24.3 Å². The first-order valence-corrected chi connectivity index (χ1v) is 7.40. The van der Waals surface area contributed by atoms with Gasteiger partial charge in [-0.2, -0.15) is 0 Å². The Morgan fingerprint density at radius 2 is 2.14 bits per heavy atom. The normalized spacial score (nSPS) is 11.2. The molecule has 1 heterocycles. The molecule has 0 aliphatic heterocycles. The molecule has 21 heavy (non-hydrogen) atoms. The standard InChI is InChI=1S/C16H19ClN2O2/c1-3-4-7-19(2)10-12-9-14(16(20)21)13-8-11(17)5-6-15(13)18-12/h5-6,8-9H,3-4,7,10H2,1-2H3,(H,20,21). The average molecular weight is 307 g/mol. The van der Waals surface area contributed by atoms with Crippen LogP contribution in [-0.4, -0.2) is 34.6 Å². The molecule has 0 spiro atoms. The number of aromatic nitrogens is 1. The lowest BCUT2D eigenvalue weighted by atomic mass is 10.1. The number of carbonyl (C=O) groups is 1. The van der Waals surface area contributed by atoms with Crippen LogP contribution in [0.2, 0.25) is 5.02 Å². The molecule has 112 valence electrons. The van der Waals surface area contributed by atoms with Crippen molar-refractivity contribution in [2.75, 3.05) is 13.6 Å². The largest absolute Gasteiger partial charge is 0.478 e. The number of benzene rings is 1. The van der Waals surface area contributed by atoms with Gasteiger partial charge in [-0.1, -0.05) is 24.9 Å². The molecule has 0 radical (unpaired) electrons. The van der Waals surface area contributed by atoms with Crippen LogP contribution in [0.25, 0.3) is 10.9 Å². The van der Waals surface area contributed by atoms with Gasteiger partial charge in [0.1, 0.15) is 0 Å². The van der Waals surface area contributed by atoms with E-state index in [0.717, 1.165) is 25.1 Å². The van der Waals surface area contributed by atoms with Crippen molar-refractivity contribution in [1.29, 1.82) is 0 Å². The number of aromatic carboxylic acids is 1. The predicted molar refractivity (Wildman–Crippen MR) is 85.0 cm³/mol. The molecule has 2 aromatic rings. The zero-order valence-electron chi connectivity index (χ0n) is 12.3. The Morgan fingerprint density at radius 3 is 2.81 bits per heavy atom. The summed E-state index contributed by atoms with van der Waals surface area (Å²) in [5.74, 6) is -0.956. The Kier molecular flexibility index (Phi) is 5.15. The van der Waals surface area contributed by atoms with Gasteiger partial charge in [-0.05, 0) is 44.3 Å². The van der Waals surface area contributed by atoms with Crippen molar-refractivity contribution in [1.82, 2.24) is 9.88 Å². The maximum atomic E-state index is 11.5. The van der Waals surface area contributed by atoms with Gasteiger partial charge in [-0.3, -0.25) is 4.98 Å². The highest BCUT2D eigenvalue weighted by molar-refractivity contribution is 6.31. The quantitative estimate of drug-likeness (QED) is 0.881. The number of pyridine rings is 1. The highest BCUT2D eigenvalue weighted by Crippen LogP contribution is 2.23. The van der Waals surface area contributed by atoms with E-state index >= 15 is 0 Å². The molecule has 0 aliphatic rings. The van der Waals surface area contributed by atoms with Crippen LogP contribution in [0, 0.1) is 0 Å². The van der Waals surface area contributed by atoms with Crippen LogP contribution < -0.4 is 0 Å². The van der Waals surface area contributed by atoms with Crippen LogP contribution in [0.1, 0.15) is 35.8 Å². The molecular formula is C16H19ClN2O2. The van der Waals surface area contributed by atoms with Gasteiger partial charge in [0, 0.05) is 17.0 Å². The highest BCUT2D eigenvalue weighted by atomic mass is 35.5. The average Bonchev–Trinajstić information content (AvgIpc) is 2.44. The molecule has 5 heteroatoms. The molecule has 0 aliphatic carbocycles. The van der Waals surface area contributed by atoms with Crippen LogP contribution in [0.5, 0.6) is 0 Å². The molecule has 1 aromatic carbocycles. The van der Waals surface area contributed by atoms with E-state index < -0.39 is 5.97 Å². The molecule has 2 rings (SSSR count). The summed E-state index contributed by atoms with van der Waals surface area (Å²) in [6.45, 7) is 3.76. The zero-order chi connectivity index (χ0) is 15.4. The van der Waals surface area contributed by atoms with Crippen LogP contribution in [0.15, 0.2) is 24.3 Å². The fourth-order valence-corrected chi connectivity index (χ4v) is 2.47. The first-order valence-electron chi connectivity index (χ1n) is 7.02. The summed E-state index contributed by atoms with van der Waals surface area (Å²) < 4.78 is 0. The van der Waals surface area contributed by atoms with Gasteiger partial charge in [0.05, 0.1) is 16.8 Å². The maximum absolute atomic E-state index is 11.5. The molecule has 0 saturated carbocycles. The van der Waals surface area contributed by atoms with Crippen molar-refractivity contribution in [3.63, 3.8) is 0 Å². The molecule has 0 amide bonds. The van der Waals surface area contributed by atoms with Crippen LogP contribution >= 0.6 is 11.6 Å². The molecule has 0 atom stereocenters. The highest BCUT2D eigenvalue weighted by Gasteiger charge is 2.13. The summed E-state index contributed by atoms with van der Waals surface area (Å²) in [6.07, 6.45) is 2.25. The molecule has 0 saturated heterocycles. The first-order chi connectivity index (χ1) is 10.0. The van der Waals surface area contributed by atoms with Crippen molar-refractivity contribution in [2.24, 2.45) is 0 Å². The SMILES string of the molecule is CCCCN(C)Cc1cc(C(=O)O)c2cc(Cl)ccc2n1. The monoisotopic (exact) mass is 306 g/mol. The Hall–Kier alpha value is -1.65. The van der Waals surface area contributed by atoms with E-state index in [9.17, 15) is 9.90 Å². The van der Waals surface area contributed by atoms with Gasteiger partial charge < -0.3 is 10.0 Å². The number of hydrogen-bond donors (Lipinski definition) is 1. The number of fused-ring (bicyclic) bond motifs is 1. The van der Waals surface area contributed by atoms with Gasteiger partial charge in [-0.25, -0.2) is 4.79 Å². The fraction of sp³-hybridized carbons (Fsp3) is 0.375. The lowest BCUT2D eigenvalue weighted by molar-refractivity contribution is 0.0698. The number of nitrogens with zero attached hydrogens (tertiary/aromatic N) is 2. The van der Waals surface area contributed by atoms with Gasteiger partial charge >= 0.3 is 5.97 Å². The predicted octanol–water partition coefficient (Wildman–Crippen LogP) is 3.82. The molecular weight excluding hydrogens is 288 g/mol. The minimum absolute atomic E-state index is 0.251. The Balaban J connectivity index is 2.38. The summed E-state index contributed by atoms with van der Waals surface area (Å²) in [7, 11) is 2.02. The Labute approximate surface area is 129 Å². The summed E-state index contributed by atoms with van der Waals surface area (Å²) in [6, 6.07) is 6.79. The second kappa shape index (κ2) is 6.87. The smallest absolute Gasteiger partial charge is 0.336 e. The summed E-state index contributed by atoms with van der Waals surface area (Å²) in [5, 5.41) is 10.5. The van der Waals surface area contributed by atoms with Crippen molar-refractivity contribution < 1.29 is 9.90 Å². The van der Waals surface area contributed by atoms with Gasteiger partial charge in [0.15, 0.2) is 0 Å². The first kappa shape index (κ1) is 15.7. The van der Waals surface area contributed by atoms with E-state index in [2.05, 4.69) is 16.8 Å². The lowest BCUT2D eigenvalue weighted by Gasteiger charge is -2.16. The number of carboxylic acid groups (broad SMARTS) is 1. The third kappa shape index (κ3) is 3.93. The number of carboxylic acids is 1. The van der Waals surface area contributed by atoms with Crippen molar-refractivity contribution >= 4 is 28.5 Å². The molecule has 1 N–H and O–H groups in total. The zero-order valence-corrected chi connectivity index (χ0v) is 13.0. The Morgan fingerprint density at radius 1 is 1.38 bits per heavy atom. The second-order valence-corrected chi connectivity index (χ2v) is 5.66. The van der Waals surface area contributed by atoms with Gasteiger partial charge in [0.25, 0.3) is 0 Å². The Bertz CT molecular complexity index is 658. The van der Waals surface area contributed by atoms with E-state index in [0.29, 0.717) is 22.5 Å². The van der Waals surface area contributed by atoms with E-state index in [1.165, 1.54) is 0 Å². The number of rotatable bonds is 6. The molecule has 1 aromatic heterocycles. The summed E-state index contributed by atoms with van der Waals surface area (Å²) in [5.41, 5.74) is 1.68. The van der Waals surface area contributed by atoms with Crippen LogP contribution in [0.3, 0.4) is 0 Å². The number of unbranched alkanes of at least 4 members (excludes halogenated alkanes) is 1. The van der Waals surface area contributed by atoms with Crippen molar-refractivity contribution in [3.8, 4) is 0 Å². The van der Waals surface area contributed by atoms with Crippen LogP contribution in [0.4, 0.5) is 0 Å². The van der Waals surface area contributed by atoms with E-state index in [4.69, 9.17) is 11.6 Å². The lowest BCUT2D eigenvalue weighted by Crippen LogP contribution is -2.20. The van der Waals surface area contributed by atoms with Gasteiger partial charge in [-0.15, -0.1) is 0 Å². The van der Waals surface area contributed by atoms with Crippen LogP contribution in [-0.2, 0) is 6.54 Å². The molecule has 0 unspecified atom stereocenters. The van der Waals surface area contributed by atoms with Gasteiger partial charge in [0.2, 0.25) is 0 Å². The van der Waals surface area contributed by atoms with Crippen molar-refractivity contribution in [2.45, 2.75) is 26.3 Å². The summed E-state index contributed by atoms with van der Waals surface area (Å²) >= 11 is 5.95.